The quantitative estimate of drug-likeness (QED) is 0.685. The molecule has 0 radical (unpaired) electrons. The molecule has 1 N–H and O–H groups in total. The van der Waals surface area contributed by atoms with Crippen LogP contribution in [0.2, 0.25) is 5.02 Å². The maximum atomic E-state index is 13.1. The van der Waals surface area contributed by atoms with E-state index in [0.717, 1.165) is 18.4 Å². The van der Waals surface area contributed by atoms with Gasteiger partial charge in [0.15, 0.2) is 0 Å². The second-order valence-electron chi connectivity index (χ2n) is 6.47. The minimum atomic E-state index is -3.81. The van der Waals surface area contributed by atoms with Crippen molar-refractivity contribution in [3.63, 3.8) is 0 Å². The molecular formula is C20H25ClN2O3S. The molecule has 146 valence electrons. The van der Waals surface area contributed by atoms with Crippen molar-refractivity contribution >= 4 is 27.5 Å². The fourth-order valence-electron chi connectivity index (χ4n) is 2.75. The smallest absolute Gasteiger partial charge is 0.243 e. The van der Waals surface area contributed by atoms with Crippen LogP contribution in [0.15, 0.2) is 59.5 Å². The van der Waals surface area contributed by atoms with E-state index in [1.807, 2.05) is 13.8 Å². The Morgan fingerprint density at radius 2 is 1.74 bits per heavy atom. The summed E-state index contributed by atoms with van der Waals surface area (Å²) in [7, 11) is -3.81. The number of rotatable bonds is 9. The van der Waals surface area contributed by atoms with Crippen LogP contribution in [0.4, 0.5) is 0 Å². The number of sulfonamides is 1. The van der Waals surface area contributed by atoms with Gasteiger partial charge in [-0.15, -0.1) is 0 Å². The summed E-state index contributed by atoms with van der Waals surface area (Å²) in [4.78, 5) is 12.6. The topological polar surface area (TPSA) is 66.5 Å². The zero-order chi connectivity index (χ0) is 19.9. The van der Waals surface area contributed by atoms with Gasteiger partial charge in [0.1, 0.15) is 0 Å². The average Bonchev–Trinajstić information content (AvgIpc) is 2.63. The lowest BCUT2D eigenvalue weighted by Gasteiger charge is -2.23. The summed E-state index contributed by atoms with van der Waals surface area (Å²) in [6, 6.07) is 15.1. The number of hydrogen-bond acceptors (Lipinski definition) is 3. The molecule has 1 atom stereocenters. The normalized spacial score (nSPS) is 12.7. The first-order valence-electron chi connectivity index (χ1n) is 8.92. The summed E-state index contributed by atoms with van der Waals surface area (Å²) in [5, 5.41) is 3.44. The van der Waals surface area contributed by atoms with Gasteiger partial charge < -0.3 is 5.32 Å². The van der Waals surface area contributed by atoms with E-state index in [9.17, 15) is 13.2 Å². The Morgan fingerprint density at radius 1 is 1.11 bits per heavy atom. The van der Waals surface area contributed by atoms with E-state index in [4.69, 9.17) is 11.6 Å². The molecule has 0 spiro atoms. The largest absolute Gasteiger partial charge is 0.353 e. The molecule has 0 aliphatic rings. The third-order valence-electron chi connectivity index (χ3n) is 4.10. The molecule has 5 nitrogen and oxygen atoms in total. The van der Waals surface area contributed by atoms with Gasteiger partial charge in [0.2, 0.25) is 15.9 Å². The number of nitrogens with one attached hydrogen (secondary N) is 1. The van der Waals surface area contributed by atoms with Crippen molar-refractivity contribution in [3.8, 4) is 0 Å². The minimum absolute atomic E-state index is 0.000638. The van der Waals surface area contributed by atoms with Gasteiger partial charge in [-0.25, -0.2) is 8.42 Å². The van der Waals surface area contributed by atoms with Crippen LogP contribution in [0.1, 0.15) is 32.3 Å². The van der Waals surface area contributed by atoms with Crippen molar-refractivity contribution in [2.45, 2.75) is 44.2 Å². The number of nitrogens with zero attached hydrogens (tertiary/aromatic N) is 1. The zero-order valence-electron chi connectivity index (χ0n) is 15.6. The van der Waals surface area contributed by atoms with Crippen molar-refractivity contribution in [1.82, 2.24) is 9.62 Å². The summed E-state index contributed by atoms with van der Waals surface area (Å²) in [6.45, 7) is 3.80. The van der Waals surface area contributed by atoms with Gasteiger partial charge in [-0.05, 0) is 43.2 Å². The van der Waals surface area contributed by atoms with Crippen molar-refractivity contribution in [2.24, 2.45) is 0 Å². The molecule has 0 aliphatic carbocycles. The molecule has 0 saturated carbocycles. The fourth-order valence-corrected chi connectivity index (χ4v) is 4.28. The molecule has 27 heavy (non-hydrogen) atoms. The van der Waals surface area contributed by atoms with E-state index in [2.05, 4.69) is 5.32 Å². The predicted molar refractivity (Wildman–Crippen MR) is 108 cm³/mol. The lowest BCUT2D eigenvalue weighted by atomic mass is 10.2. The molecule has 0 saturated heterocycles. The Hall–Kier alpha value is -1.89. The Bertz CT molecular complexity index is 839. The number of benzene rings is 2. The first kappa shape index (κ1) is 21.4. The van der Waals surface area contributed by atoms with E-state index < -0.39 is 10.0 Å². The molecule has 0 bridgehead atoms. The van der Waals surface area contributed by atoms with Crippen molar-refractivity contribution in [2.75, 3.05) is 6.54 Å². The zero-order valence-corrected chi connectivity index (χ0v) is 17.1. The first-order valence-corrected chi connectivity index (χ1v) is 10.7. The summed E-state index contributed by atoms with van der Waals surface area (Å²) in [5.41, 5.74) is 0.758. The third-order valence-corrected chi connectivity index (χ3v) is 6.16. The first-order chi connectivity index (χ1) is 12.8. The molecule has 0 unspecified atom stereocenters. The number of halogens is 1. The molecule has 7 heteroatoms. The van der Waals surface area contributed by atoms with Crippen LogP contribution >= 0.6 is 11.6 Å². The predicted octanol–water partition coefficient (Wildman–Crippen LogP) is 3.84. The summed E-state index contributed by atoms with van der Waals surface area (Å²) in [6.07, 6.45) is 1.78. The average molecular weight is 409 g/mol. The second-order valence-corrected chi connectivity index (χ2v) is 8.84. The number of hydrogen-bond donors (Lipinski definition) is 1. The van der Waals surface area contributed by atoms with Gasteiger partial charge in [-0.3, -0.25) is 4.79 Å². The number of amides is 1. The molecule has 2 aromatic carbocycles. The van der Waals surface area contributed by atoms with Crippen LogP contribution in [0.5, 0.6) is 0 Å². The number of carbonyl (C=O) groups is 1. The molecule has 0 heterocycles. The second kappa shape index (κ2) is 9.88. The summed E-state index contributed by atoms with van der Waals surface area (Å²) >= 11 is 5.91. The van der Waals surface area contributed by atoms with Gasteiger partial charge in [-0.2, -0.15) is 4.31 Å². The molecule has 2 rings (SSSR count). The highest BCUT2D eigenvalue weighted by atomic mass is 35.5. The van der Waals surface area contributed by atoms with Crippen LogP contribution in [0.25, 0.3) is 0 Å². The highest BCUT2D eigenvalue weighted by Crippen LogP contribution is 2.19. The van der Waals surface area contributed by atoms with Crippen LogP contribution in [0.3, 0.4) is 0 Å². The van der Waals surface area contributed by atoms with Crippen LogP contribution < -0.4 is 5.32 Å². The van der Waals surface area contributed by atoms with Crippen molar-refractivity contribution < 1.29 is 13.2 Å². The van der Waals surface area contributed by atoms with Gasteiger partial charge in [0.05, 0.1) is 11.4 Å². The van der Waals surface area contributed by atoms with E-state index in [1.54, 1.807) is 42.5 Å². The lowest BCUT2D eigenvalue weighted by Crippen LogP contribution is -2.43. The van der Waals surface area contributed by atoms with E-state index in [-0.39, 0.29) is 29.9 Å². The third kappa shape index (κ3) is 6.34. The SMILES string of the molecule is CCC[C@H](C)NC(=O)CN(Cc1ccc(Cl)cc1)S(=O)(=O)c1ccccc1. The highest BCUT2D eigenvalue weighted by Gasteiger charge is 2.27. The summed E-state index contributed by atoms with van der Waals surface area (Å²) < 4.78 is 27.3. The van der Waals surface area contributed by atoms with Crippen molar-refractivity contribution in [1.29, 1.82) is 0 Å². The lowest BCUT2D eigenvalue weighted by molar-refractivity contribution is -0.122. The standard InChI is InChI=1S/C20H25ClN2O3S/c1-3-7-16(2)22-20(24)15-23(14-17-10-12-18(21)13-11-17)27(25,26)19-8-5-4-6-9-19/h4-6,8-13,16H,3,7,14-15H2,1-2H3,(H,22,24)/t16-/m0/s1. The van der Waals surface area contributed by atoms with Crippen molar-refractivity contribution in [3.05, 3.63) is 65.2 Å². The number of carbonyl (C=O) groups excluding carboxylic acids is 1. The summed E-state index contributed by atoms with van der Waals surface area (Å²) in [5.74, 6) is -0.315. The Morgan fingerprint density at radius 3 is 2.33 bits per heavy atom. The maximum Gasteiger partial charge on any atom is 0.243 e. The van der Waals surface area contributed by atoms with Crippen LogP contribution in [-0.4, -0.2) is 31.2 Å². The van der Waals surface area contributed by atoms with E-state index >= 15 is 0 Å². The highest BCUT2D eigenvalue weighted by molar-refractivity contribution is 7.89. The van der Waals surface area contributed by atoms with E-state index in [1.165, 1.54) is 16.4 Å². The van der Waals surface area contributed by atoms with Gasteiger partial charge in [0.25, 0.3) is 0 Å². The maximum absolute atomic E-state index is 13.1. The van der Waals surface area contributed by atoms with Gasteiger partial charge >= 0.3 is 0 Å². The van der Waals surface area contributed by atoms with Gasteiger partial charge in [0, 0.05) is 17.6 Å². The van der Waals surface area contributed by atoms with Crippen LogP contribution in [0, 0.1) is 0 Å². The molecule has 0 fully saturated rings. The Balaban J connectivity index is 2.25. The molecule has 2 aromatic rings. The molecule has 0 aliphatic heterocycles. The Kier molecular flexibility index (Phi) is 7.83. The molecule has 0 aromatic heterocycles. The minimum Gasteiger partial charge on any atom is -0.353 e. The fraction of sp³-hybridized carbons (Fsp3) is 0.350. The van der Waals surface area contributed by atoms with Gasteiger partial charge in [-0.1, -0.05) is 55.3 Å². The molecule has 1 amide bonds. The van der Waals surface area contributed by atoms with Crippen LogP contribution in [-0.2, 0) is 21.4 Å². The Labute approximate surface area is 166 Å². The van der Waals surface area contributed by atoms with E-state index in [0.29, 0.717) is 5.02 Å². The molecular weight excluding hydrogens is 384 g/mol. The monoisotopic (exact) mass is 408 g/mol.